The highest BCUT2D eigenvalue weighted by Gasteiger charge is 2.55. The lowest BCUT2D eigenvalue weighted by Crippen LogP contribution is -2.44. The van der Waals surface area contributed by atoms with Crippen LogP contribution in [-0.2, 0) is 19.3 Å². The van der Waals surface area contributed by atoms with Gasteiger partial charge in [-0.3, -0.25) is 4.57 Å². The molecule has 0 amide bonds. The Morgan fingerprint density at radius 2 is 1.97 bits per heavy atom. The van der Waals surface area contributed by atoms with Gasteiger partial charge < -0.3 is 9.64 Å². The third-order valence-electron chi connectivity index (χ3n) is 6.06. The standard InChI is InChI=1S/C21H24N4O3S/c1-15-14-28-12-11-24(15)19-13-18(21(8-9-21)29(2,26)27)22-20(23-19)25-10-7-16-5-3-4-6-17(16)25/h3-7,10,13,15H,8-9,11-12,14H2,1-2H3/t15-/m1/s1. The molecule has 0 unspecified atom stereocenters. The monoisotopic (exact) mass is 412 g/mol. The summed E-state index contributed by atoms with van der Waals surface area (Å²) in [6, 6.07) is 12.1. The van der Waals surface area contributed by atoms with Crippen LogP contribution in [-0.4, -0.2) is 55.0 Å². The van der Waals surface area contributed by atoms with Crippen molar-refractivity contribution in [2.45, 2.75) is 30.6 Å². The topological polar surface area (TPSA) is 77.3 Å². The largest absolute Gasteiger partial charge is 0.377 e. The predicted octanol–water partition coefficient (Wildman–Crippen LogP) is 2.68. The van der Waals surface area contributed by atoms with Crippen molar-refractivity contribution in [2.24, 2.45) is 0 Å². The smallest absolute Gasteiger partial charge is 0.236 e. The quantitative estimate of drug-likeness (QED) is 0.656. The Labute approximate surface area is 170 Å². The van der Waals surface area contributed by atoms with E-state index in [1.165, 1.54) is 6.26 Å². The summed E-state index contributed by atoms with van der Waals surface area (Å²) in [6.07, 6.45) is 4.46. The van der Waals surface area contributed by atoms with Gasteiger partial charge in [0.25, 0.3) is 0 Å². The molecule has 1 aliphatic carbocycles. The maximum absolute atomic E-state index is 12.6. The lowest BCUT2D eigenvalue weighted by Gasteiger charge is -2.34. The molecule has 1 atom stereocenters. The van der Waals surface area contributed by atoms with Crippen molar-refractivity contribution in [3.05, 3.63) is 48.3 Å². The van der Waals surface area contributed by atoms with Crippen LogP contribution in [0.5, 0.6) is 0 Å². The second kappa shape index (κ2) is 6.53. The van der Waals surface area contributed by atoms with E-state index in [1.54, 1.807) is 0 Å². The van der Waals surface area contributed by atoms with Crippen molar-refractivity contribution < 1.29 is 13.2 Å². The Morgan fingerprint density at radius 3 is 2.69 bits per heavy atom. The number of hydrogen-bond donors (Lipinski definition) is 0. The molecule has 3 aromatic rings. The zero-order valence-electron chi connectivity index (χ0n) is 16.6. The van der Waals surface area contributed by atoms with Crippen molar-refractivity contribution in [1.82, 2.24) is 14.5 Å². The third-order valence-corrected chi connectivity index (χ3v) is 8.10. The average Bonchev–Trinajstić information content (AvgIpc) is 3.42. The number of anilines is 1. The summed E-state index contributed by atoms with van der Waals surface area (Å²) < 4.78 is 31.8. The Morgan fingerprint density at radius 1 is 1.17 bits per heavy atom. The van der Waals surface area contributed by atoms with Gasteiger partial charge in [-0.25, -0.2) is 13.4 Å². The summed E-state index contributed by atoms with van der Waals surface area (Å²) in [7, 11) is -3.28. The van der Waals surface area contributed by atoms with Gasteiger partial charge in [-0.15, -0.1) is 0 Å². The van der Waals surface area contributed by atoms with Crippen LogP contribution in [0.25, 0.3) is 16.9 Å². The number of ether oxygens (including phenoxy) is 1. The first-order valence-electron chi connectivity index (χ1n) is 9.89. The maximum atomic E-state index is 12.6. The number of hydrogen-bond acceptors (Lipinski definition) is 6. The molecule has 1 aliphatic heterocycles. The van der Waals surface area contributed by atoms with Crippen molar-refractivity contribution in [2.75, 3.05) is 30.9 Å². The molecule has 8 heteroatoms. The number of sulfone groups is 1. The van der Waals surface area contributed by atoms with E-state index in [4.69, 9.17) is 14.7 Å². The number of rotatable bonds is 4. The van der Waals surface area contributed by atoms with Gasteiger partial charge in [0.1, 0.15) is 10.6 Å². The Hall–Kier alpha value is -2.45. The zero-order valence-corrected chi connectivity index (χ0v) is 17.4. The van der Waals surface area contributed by atoms with Gasteiger partial charge in [0.2, 0.25) is 5.95 Å². The summed E-state index contributed by atoms with van der Waals surface area (Å²) in [6.45, 7) is 4.06. The predicted molar refractivity (Wildman–Crippen MR) is 112 cm³/mol. The summed E-state index contributed by atoms with van der Waals surface area (Å²) in [5, 5.41) is 1.09. The molecule has 29 heavy (non-hydrogen) atoms. The fraction of sp³-hybridized carbons (Fsp3) is 0.429. The van der Waals surface area contributed by atoms with Crippen molar-refractivity contribution in [1.29, 1.82) is 0 Å². The zero-order chi connectivity index (χ0) is 20.2. The van der Waals surface area contributed by atoms with Crippen LogP contribution in [0, 0.1) is 0 Å². The molecule has 152 valence electrons. The highest BCUT2D eigenvalue weighted by atomic mass is 32.2. The molecule has 5 rings (SSSR count). The van der Waals surface area contributed by atoms with Gasteiger partial charge in [0.15, 0.2) is 9.84 Å². The van der Waals surface area contributed by atoms with Crippen LogP contribution in [0.4, 0.5) is 5.82 Å². The van der Waals surface area contributed by atoms with Crippen molar-refractivity contribution >= 4 is 26.6 Å². The lowest BCUT2D eigenvalue weighted by atomic mass is 10.2. The molecule has 0 radical (unpaired) electrons. The Balaban J connectivity index is 1.71. The second-order valence-corrected chi connectivity index (χ2v) is 10.4. The lowest BCUT2D eigenvalue weighted by molar-refractivity contribution is 0.0985. The molecule has 1 saturated heterocycles. The van der Waals surface area contributed by atoms with Gasteiger partial charge in [0, 0.05) is 30.4 Å². The van der Waals surface area contributed by atoms with E-state index in [0.717, 1.165) is 23.3 Å². The van der Waals surface area contributed by atoms with Crippen LogP contribution in [0.2, 0.25) is 0 Å². The van der Waals surface area contributed by atoms with Gasteiger partial charge in [-0.2, -0.15) is 4.98 Å². The van der Waals surface area contributed by atoms with Crippen molar-refractivity contribution in [3.63, 3.8) is 0 Å². The Kier molecular flexibility index (Phi) is 4.18. The summed E-state index contributed by atoms with van der Waals surface area (Å²) in [5.74, 6) is 1.26. The molecular weight excluding hydrogens is 388 g/mol. The number of nitrogens with zero attached hydrogens (tertiary/aromatic N) is 4. The van der Waals surface area contributed by atoms with E-state index in [2.05, 4.69) is 11.8 Å². The van der Waals surface area contributed by atoms with Gasteiger partial charge in [-0.05, 0) is 31.9 Å². The molecule has 1 aromatic carbocycles. The van der Waals surface area contributed by atoms with E-state index in [1.807, 2.05) is 47.2 Å². The van der Waals surface area contributed by atoms with E-state index < -0.39 is 14.6 Å². The van der Waals surface area contributed by atoms with E-state index in [9.17, 15) is 8.42 Å². The number of fused-ring (bicyclic) bond motifs is 1. The molecule has 3 heterocycles. The van der Waals surface area contributed by atoms with Crippen LogP contribution in [0.1, 0.15) is 25.5 Å². The molecule has 1 saturated carbocycles. The minimum absolute atomic E-state index is 0.161. The van der Waals surface area contributed by atoms with Gasteiger partial charge in [-0.1, -0.05) is 18.2 Å². The molecule has 2 fully saturated rings. The molecule has 2 aliphatic rings. The van der Waals surface area contributed by atoms with Gasteiger partial charge in [0.05, 0.1) is 30.5 Å². The minimum Gasteiger partial charge on any atom is -0.377 e. The SMILES string of the molecule is C[C@@H]1COCCN1c1cc(C2(S(C)(=O)=O)CC2)nc(-n2ccc3ccccc32)n1. The number of benzene rings is 1. The van der Waals surface area contributed by atoms with Gasteiger partial charge >= 0.3 is 0 Å². The second-order valence-electron chi connectivity index (χ2n) is 8.04. The van der Waals surface area contributed by atoms with E-state index in [-0.39, 0.29) is 6.04 Å². The van der Waals surface area contributed by atoms with Crippen LogP contribution >= 0.6 is 0 Å². The molecule has 0 bridgehead atoms. The Bertz CT molecular complexity index is 1180. The first-order chi connectivity index (χ1) is 13.9. The van der Waals surface area contributed by atoms with Crippen LogP contribution < -0.4 is 4.90 Å². The third kappa shape index (κ3) is 3.02. The molecule has 2 aromatic heterocycles. The molecule has 0 N–H and O–H groups in total. The molecule has 0 spiro atoms. The first-order valence-corrected chi connectivity index (χ1v) is 11.8. The highest BCUT2D eigenvalue weighted by Crippen LogP contribution is 2.52. The fourth-order valence-corrected chi connectivity index (χ4v) is 5.49. The first kappa shape index (κ1) is 18.6. The van der Waals surface area contributed by atoms with Crippen LogP contribution in [0.3, 0.4) is 0 Å². The average molecular weight is 413 g/mol. The summed E-state index contributed by atoms with van der Waals surface area (Å²) in [4.78, 5) is 11.8. The minimum atomic E-state index is -3.28. The number of para-hydroxylation sites is 1. The fourth-order valence-electron chi connectivity index (χ4n) is 4.17. The molecular formula is C21H24N4O3S. The van der Waals surface area contributed by atoms with Crippen molar-refractivity contribution in [3.8, 4) is 5.95 Å². The summed E-state index contributed by atoms with van der Waals surface area (Å²) >= 11 is 0. The molecule has 7 nitrogen and oxygen atoms in total. The van der Waals surface area contributed by atoms with Crippen LogP contribution in [0.15, 0.2) is 42.6 Å². The summed E-state index contributed by atoms with van der Waals surface area (Å²) in [5.41, 5.74) is 1.59. The maximum Gasteiger partial charge on any atom is 0.236 e. The van der Waals surface area contributed by atoms with E-state index >= 15 is 0 Å². The van der Waals surface area contributed by atoms with E-state index in [0.29, 0.717) is 37.7 Å². The normalized spacial score (nSPS) is 21.4. The highest BCUT2D eigenvalue weighted by molar-refractivity contribution is 7.91. The number of morpholine rings is 1. The number of aromatic nitrogens is 3.